The smallest absolute Gasteiger partial charge is 0.414 e. The van der Waals surface area contributed by atoms with Crippen molar-refractivity contribution in [1.82, 2.24) is 5.32 Å². The summed E-state index contributed by atoms with van der Waals surface area (Å²) in [5, 5.41) is 18.1. The average molecular weight is 341 g/mol. The molecule has 0 saturated carbocycles. The van der Waals surface area contributed by atoms with Crippen molar-refractivity contribution in [3.8, 4) is 5.75 Å². The monoisotopic (exact) mass is 341 g/mol. The van der Waals surface area contributed by atoms with Gasteiger partial charge in [-0.25, -0.2) is 9.59 Å². The Morgan fingerprint density at radius 1 is 1.00 bits per heavy atom. The molecule has 0 amide bonds. The molecule has 1 aromatic carbocycles. The molecule has 3 N–H and O–H groups in total. The molecule has 136 valence electrons. The summed E-state index contributed by atoms with van der Waals surface area (Å²) in [7, 11) is 0. The normalized spacial score (nSPS) is 10.0. The second kappa shape index (κ2) is 12.3. The van der Waals surface area contributed by atoms with Crippen LogP contribution in [-0.4, -0.2) is 54.6 Å². The van der Waals surface area contributed by atoms with Gasteiger partial charge in [0.25, 0.3) is 0 Å². The molecule has 0 saturated heterocycles. The van der Waals surface area contributed by atoms with E-state index in [1.54, 1.807) is 0 Å². The summed E-state index contributed by atoms with van der Waals surface area (Å²) in [5.74, 6) is -2.72. The number of nitrogens with one attached hydrogen (secondary N) is 1. The van der Waals surface area contributed by atoms with Gasteiger partial charge in [-0.3, -0.25) is 0 Å². The maximum absolute atomic E-state index is 9.10. The highest BCUT2D eigenvalue weighted by atomic mass is 16.5. The van der Waals surface area contributed by atoms with Crippen molar-refractivity contribution in [2.75, 3.05) is 26.4 Å². The van der Waals surface area contributed by atoms with Crippen LogP contribution in [0.1, 0.15) is 25.0 Å². The number of aliphatic carboxylic acids is 2. The number of carboxylic acid groups (broad SMARTS) is 2. The summed E-state index contributed by atoms with van der Waals surface area (Å²) in [6.07, 6.45) is 0. The van der Waals surface area contributed by atoms with E-state index in [9.17, 15) is 0 Å². The van der Waals surface area contributed by atoms with E-state index in [0.717, 1.165) is 18.9 Å². The van der Waals surface area contributed by atoms with Crippen molar-refractivity contribution in [3.05, 3.63) is 29.3 Å². The van der Waals surface area contributed by atoms with Gasteiger partial charge < -0.3 is 25.0 Å². The molecule has 0 heterocycles. The standard InChI is InChI=1S/C15H25NO2.C2H2O4/c1-12(2)16-5-6-17-7-8-18-15-10-13(3)9-14(4)11-15;3-1(4)2(5)6/h9-12,16H,5-8H2,1-4H3;(H,3,4)(H,5,6). The molecule has 0 bridgehead atoms. The topological polar surface area (TPSA) is 105 Å². The van der Waals surface area contributed by atoms with Crippen LogP contribution in [0, 0.1) is 13.8 Å². The highest BCUT2D eigenvalue weighted by Gasteiger charge is 2.04. The van der Waals surface area contributed by atoms with Crippen LogP contribution in [0.5, 0.6) is 5.75 Å². The fourth-order valence-corrected chi connectivity index (χ4v) is 1.76. The highest BCUT2D eigenvalue weighted by Crippen LogP contribution is 2.15. The summed E-state index contributed by atoms with van der Waals surface area (Å²) in [4.78, 5) is 18.2. The lowest BCUT2D eigenvalue weighted by Gasteiger charge is -2.10. The van der Waals surface area contributed by atoms with Gasteiger partial charge in [0, 0.05) is 12.6 Å². The molecule has 0 unspecified atom stereocenters. The predicted octanol–water partition coefficient (Wildman–Crippen LogP) is 1.85. The van der Waals surface area contributed by atoms with Crippen LogP contribution in [0.15, 0.2) is 18.2 Å². The second-order valence-electron chi connectivity index (χ2n) is 5.50. The van der Waals surface area contributed by atoms with Crippen LogP contribution in [0.25, 0.3) is 0 Å². The number of rotatable bonds is 8. The fourth-order valence-electron chi connectivity index (χ4n) is 1.76. The number of carboxylic acids is 2. The Morgan fingerprint density at radius 2 is 1.54 bits per heavy atom. The van der Waals surface area contributed by atoms with Gasteiger partial charge in [-0.1, -0.05) is 19.9 Å². The molecular formula is C17H27NO6. The number of aryl methyl sites for hydroxylation is 2. The number of carbonyl (C=O) groups is 2. The number of hydrogen-bond acceptors (Lipinski definition) is 5. The van der Waals surface area contributed by atoms with Crippen molar-refractivity contribution >= 4 is 11.9 Å². The van der Waals surface area contributed by atoms with Gasteiger partial charge in [-0.15, -0.1) is 0 Å². The maximum Gasteiger partial charge on any atom is 0.414 e. The van der Waals surface area contributed by atoms with E-state index in [4.69, 9.17) is 29.3 Å². The van der Waals surface area contributed by atoms with E-state index in [-0.39, 0.29) is 0 Å². The summed E-state index contributed by atoms with van der Waals surface area (Å²) < 4.78 is 11.1. The molecule has 0 radical (unpaired) electrons. The Morgan fingerprint density at radius 3 is 2.00 bits per heavy atom. The Labute approximate surface area is 142 Å². The van der Waals surface area contributed by atoms with Crippen molar-refractivity contribution in [3.63, 3.8) is 0 Å². The van der Waals surface area contributed by atoms with Gasteiger partial charge in [-0.05, 0) is 37.1 Å². The van der Waals surface area contributed by atoms with Gasteiger partial charge in [0.2, 0.25) is 0 Å². The first-order valence-corrected chi connectivity index (χ1v) is 7.70. The molecule has 1 aromatic rings. The zero-order chi connectivity index (χ0) is 18.5. The van der Waals surface area contributed by atoms with E-state index < -0.39 is 11.9 Å². The molecule has 24 heavy (non-hydrogen) atoms. The number of hydrogen-bond donors (Lipinski definition) is 3. The highest BCUT2D eigenvalue weighted by molar-refractivity contribution is 6.27. The van der Waals surface area contributed by atoms with E-state index in [1.807, 2.05) is 12.1 Å². The van der Waals surface area contributed by atoms with Crippen LogP contribution in [0.3, 0.4) is 0 Å². The fraction of sp³-hybridized carbons (Fsp3) is 0.529. The van der Waals surface area contributed by atoms with Crippen molar-refractivity contribution in [2.24, 2.45) is 0 Å². The third-order valence-corrected chi connectivity index (χ3v) is 2.67. The Kier molecular flexibility index (Phi) is 11.2. The first-order valence-electron chi connectivity index (χ1n) is 7.70. The molecule has 1 rings (SSSR count). The van der Waals surface area contributed by atoms with Crippen LogP contribution in [-0.2, 0) is 14.3 Å². The number of ether oxygens (including phenoxy) is 2. The second-order valence-corrected chi connectivity index (χ2v) is 5.50. The largest absolute Gasteiger partial charge is 0.491 e. The van der Waals surface area contributed by atoms with Gasteiger partial charge in [0.05, 0.1) is 13.2 Å². The average Bonchev–Trinajstić information content (AvgIpc) is 2.45. The van der Waals surface area contributed by atoms with E-state index >= 15 is 0 Å². The molecule has 0 spiro atoms. The van der Waals surface area contributed by atoms with Crippen molar-refractivity contribution in [1.29, 1.82) is 0 Å². The zero-order valence-corrected chi connectivity index (χ0v) is 14.7. The quantitative estimate of drug-likeness (QED) is 0.489. The van der Waals surface area contributed by atoms with Crippen LogP contribution < -0.4 is 10.1 Å². The third-order valence-electron chi connectivity index (χ3n) is 2.67. The van der Waals surface area contributed by atoms with Gasteiger partial charge >= 0.3 is 11.9 Å². The van der Waals surface area contributed by atoms with Crippen molar-refractivity contribution in [2.45, 2.75) is 33.7 Å². The Hall–Kier alpha value is -2.12. The molecule has 7 nitrogen and oxygen atoms in total. The molecule has 0 aliphatic carbocycles. The number of benzene rings is 1. The van der Waals surface area contributed by atoms with E-state index in [2.05, 4.69) is 39.1 Å². The lowest BCUT2D eigenvalue weighted by molar-refractivity contribution is -0.159. The molecule has 7 heteroatoms. The van der Waals surface area contributed by atoms with Crippen LogP contribution in [0.4, 0.5) is 0 Å². The van der Waals surface area contributed by atoms with Crippen LogP contribution >= 0.6 is 0 Å². The van der Waals surface area contributed by atoms with Crippen LogP contribution in [0.2, 0.25) is 0 Å². The first kappa shape index (κ1) is 21.9. The van der Waals surface area contributed by atoms with E-state index in [0.29, 0.717) is 19.3 Å². The minimum absolute atomic E-state index is 0.514. The molecule has 0 aromatic heterocycles. The summed E-state index contributed by atoms with van der Waals surface area (Å²) >= 11 is 0. The van der Waals surface area contributed by atoms with Crippen molar-refractivity contribution < 1.29 is 29.3 Å². The molecular weight excluding hydrogens is 314 g/mol. The molecule has 0 aliphatic rings. The minimum atomic E-state index is -1.82. The first-order chi connectivity index (χ1) is 11.2. The summed E-state index contributed by atoms with van der Waals surface area (Å²) in [5.41, 5.74) is 2.46. The predicted molar refractivity (Wildman–Crippen MR) is 90.6 cm³/mol. The van der Waals surface area contributed by atoms with E-state index in [1.165, 1.54) is 11.1 Å². The SMILES string of the molecule is Cc1cc(C)cc(OCCOCCNC(C)C)c1.O=C(O)C(=O)O. The lowest BCUT2D eigenvalue weighted by Crippen LogP contribution is -2.27. The summed E-state index contributed by atoms with van der Waals surface area (Å²) in [6, 6.07) is 6.75. The zero-order valence-electron chi connectivity index (χ0n) is 14.7. The molecule has 0 atom stereocenters. The third kappa shape index (κ3) is 12.4. The van der Waals surface area contributed by atoms with Gasteiger partial charge in [0.15, 0.2) is 0 Å². The lowest BCUT2D eigenvalue weighted by atomic mass is 10.1. The van der Waals surface area contributed by atoms with Gasteiger partial charge in [0.1, 0.15) is 12.4 Å². The minimum Gasteiger partial charge on any atom is -0.491 e. The van der Waals surface area contributed by atoms with Gasteiger partial charge in [-0.2, -0.15) is 0 Å². The summed E-state index contributed by atoms with van der Waals surface area (Å²) in [6.45, 7) is 11.3. The molecule has 0 fully saturated rings. The maximum atomic E-state index is 9.10. The molecule has 0 aliphatic heterocycles. The Balaban J connectivity index is 0.000000754. The Bertz CT molecular complexity index is 484.